The van der Waals surface area contributed by atoms with Gasteiger partial charge in [-0.05, 0) is 113 Å². The first-order valence-corrected chi connectivity index (χ1v) is 30.1. The largest absolute Gasteiger partial charge is 0.448 e. The van der Waals surface area contributed by atoms with E-state index in [-0.39, 0.29) is 61.5 Å². The second-order valence-corrected chi connectivity index (χ2v) is 23.0. The number of likely N-dealkylation sites (tertiary alicyclic amines) is 2. The van der Waals surface area contributed by atoms with Gasteiger partial charge in [0.25, 0.3) is 0 Å². The summed E-state index contributed by atoms with van der Waals surface area (Å²) in [6.07, 6.45) is 0.504. The fourth-order valence-corrected chi connectivity index (χ4v) is 11.5. The van der Waals surface area contributed by atoms with Crippen molar-refractivity contribution in [2.45, 2.75) is 135 Å². The first kappa shape index (κ1) is 63.3. The lowest BCUT2D eigenvalue weighted by molar-refractivity contribution is -0.142. The molecule has 2 aromatic heterocycles. The molecule has 0 radical (unpaired) electrons. The molecule has 0 spiro atoms. The maximum absolute atomic E-state index is 14.9. The Bertz CT molecular complexity index is 3440. The molecular formula is C65H79N15O8. The summed E-state index contributed by atoms with van der Waals surface area (Å²) in [5, 5.41) is 31.0. The first-order valence-electron chi connectivity index (χ1n) is 30.1. The fraction of sp³-hybridized carbons (Fsp3) is 0.462. The Balaban J connectivity index is 0.829. The van der Waals surface area contributed by atoms with Crippen molar-refractivity contribution in [1.29, 1.82) is 0 Å². The zero-order valence-corrected chi connectivity index (χ0v) is 51.4. The number of tetrazole rings is 2. The molecule has 3 aliphatic rings. The van der Waals surface area contributed by atoms with E-state index >= 15 is 0 Å². The lowest BCUT2D eigenvalue weighted by Gasteiger charge is -2.33. The fourth-order valence-electron chi connectivity index (χ4n) is 11.5. The van der Waals surface area contributed by atoms with E-state index in [0.717, 1.165) is 46.2 Å². The van der Waals surface area contributed by atoms with E-state index in [1.165, 1.54) is 11.9 Å². The maximum atomic E-state index is 14.9. The highest BCUT2D eigenvalue weighted by molar-refractivity contribution is 5.92. The number of amides is 5. The molecule has 1 unspecified atom stereocenters. The van der Waals surface area contributed by atoms with Gasteiger partial charge in [-0.1, -0.05) is 145 Å². The number of aromatic nitrogens is 8. The van der Waals surface area contributed by atoms with Gasteiger partial charge in [0, 0.05) is 59.2 Å². The van der Waals surface area contributed by atoms with Gasteiger partial charge in [-0.3, -0.25) is 24.1 Å². The summed E-state index contributed by atoms with van der Waals surface area (Å²) < 4.78 is 21.6. The number of carbonyl (C=O) groups is 5. The van der Waals surface area contributed by atoms with Crippen LogP contribution in [0.25, 0.3) is 11.1 Å². The normalized spacial score (nSPS) is 16.8. The molecule has 7 atom stereocenters. The highest BCUT2D eigenvalue weighted by Gasteiger charge is 2.41. The summed E-state index contributed by atoms with van der Waals surface area (Å²) in [4.78, 5) is 79.2. The van der Waals surface area contributed by atoms with Gasteiger partial charge in [-0.15, -0.1) is 0 Å². The monoisotopic (exact) mass is 1200 g/mol. The maximum Gasteiger partial charge on any atom is 0.410 e. The van der Waals surface area contributed by atoms with Crippen LogP contribution in [0.4, 0.5) is 16.7 Å². The van der Waals surface area contributed by atoms with E-state index in [9.17, 15) is 24.0 Å². The molecule has 23 heteroatoms. The molecule has 2 aliphatic heterocycles. The number of fused-ring (bicyclic) bond motifs is 3. The number of hydrogen-bond acceptors (Lipinski definition) is 16. The van der Waals surface area contributed by atoms with Crippen molar-refractivity contribution in [3.05, 3.63) is 131 Å². The predicted molar refractivity (Wildman–Crippen MR) is 330 cm³/mol. The van der Waals surface area contributed by atoms with Crippen LogP contribution < -0.4 is 20.4 Å². The molecule has 4 heterocycles. The third-order valence-electron chi connectivity index (χ3n) is 16.6. The third-order valence-corrected chi connectivity index (χ3v) is 16.6. The zero-order chi connectivity index (χ0) is 62.3. The first-order chi connectivity index (χ1) is 42.6. The molecule has 462 valence electrons. The molecule has 0 saturated carbocycles. The molecule has 2 N–H and O–H groups in total. The summed E-state index contributed by atoms with van der Waals surface area (Å²) in [6, 6.07) is 32.3. The van der Waals surface area contributed by atoms with Crippen molar-refractivity contribution in [3.63, 3.8) is 0 Å². The van der Waals surface area contributed by atoms with Crippen LogP contribution in [0.15, 0.2) is 109 Å². The number of rotatable bonds is 25. The van der Waals surface area contributed by atoms with Crippen LogP contribution in [0.1, 0.15) is 88.5 Å². The lowest BCUT2D eigenvalue weighted by atomic mass is 9.98. The van der Waals surface area contributed by atoms with Crippen LogP contribution in [-0.4, -0.2) is 181 Å². The van der Waals surface area contributed by atoms with Gasteiger partial charge >= 0.3 is 6.09 Å². The SMILES string of the molecule is CC(C)C(=O)N[C@H](C(=O)N1CCC[C@H]1Cn1nnnc1N(C)Cc1ccccc1)[C@@H](C)OCC#CC#CCOC(C)[C@H](NC(=O)[C@H](C)N(C)C(=O)OCC1c2ccccc2-c2ccccc21)C(=O)N1CCC[C@H]1Cn1nnnc1N(C)Cc1ccccc1. The van der Waals surface area contributed by atoms with Crippen LogP contribution in [0.2, 0.25) is 0 Å². The van der Waals surface area contributed by atoms with E-state index < -0.39 is 42.3 Å². The average Bonchev–Trinajstić information content (AvgIpc) is 2.46. The molecule has 6 aromatic rings. The van der Waals surface area contributed by atoms with E-state index in [0.29, 0.717) is 64.0 Å². The van der Waals surface area contributed by atoms with Crippen molar-refractivity contribution in [2.24, 2.45) is 5.92 Å². The second-order valence-electron chi connectivity index (χ2n) is 23.0. The quantitative estimate of drug-likeness (QED) is 0.0689. The minimum Gasteiger partial charge on any atom is -0.448 e. The van der Waals surface area contributed by atoms with E-state index in [1.807, 2.05) is 121 Å². The molecule has 23 nitrogen and oxygen atoms in total. The minimum atomic E-state index is -1.20. The number of nitrogens with one attached hydrogen (secondary N) is 2. The molecule has 5 amide bonds. The van der Waals surface area contributed by atoms with E-state index in [4.69, 9.17) is 14.2 Å². The Kier molecular flexibility index (Phi) is 21.5. The number of anilines is 2. The van der Waals surface area contributed by atoms with Crippen LogP contribution >= 0.6 is 0 Å². The molecule has 9 rings (SSSR count). The standard InChI is InChI=1S/C65H79N15O8/c1-44(2)59(81)66-57(61(83)77-35-23-29-50(77)41-79-63(68-70-72-79)74(6)39-48-25-13-11-14-26-48)46(4)86-37-21-9-10-22-38-87-47(5)58(62(84)78-36-24-30-51(78)42-80-64(69-71-73-80)75(7)40-49-27-15-12-16-28-49)67-60(82)45(3)76(8)65(85)88-43-56-54-33-19-17-31-52(54)53-32-18-20-34-55(53)56/h11-20,25-28,31-34,44-47,50-51,56-58H,23-24,29-30,35-43H2,1-8H3,(H,66,81)(H,67,82)/t45-,46+,47?,50-,51-,57-,58-/m0/s1. The smallest absolute Gasteiger partial charge is 0.410 e. The minimum absolute atomic E-state index is 0.0662. The van der Waals surface area contributed by atoms with Gasteiger partial charge in [0.15, 0.2) is 0 Å². The molecule has 1 aliphatic carbocycles. The van der Waals surface area contributed by atoms with Gasteiger partial charge in [0.2, 0.25) is 35.5 Å². The van der Waals surface area contributed by atoms with E-state index in [1.54, 1.807) is 53.8 Å². The van der Waals surface area contributed by atoms with Crippen molar-refractivity contribution >= 4 is 41.6 Å². The molecule has 4 aromatic carbocycles. The molecule has 0 bridgehead atoms. The van der Waals surface area contributed by atoms with Crippen molar-refractivity contribution in [1.82, 2.24) is 65.7 Å². The van der Waals surface area contributed by atoms with Crippen LogP contribution in [0, 0.1) is 29.6 Å². The lowest BCUT2D eigenvalue weighted by Crippen LogP contribution is -2.58. The Morgan fingerprint density at radius 3 is 1.48 bits per heavy atom. The zero-order valence-electron chi connectivity index (χ0n) is 51.4. The number of carbonyl (C=O) groups excluding carboxylic acids is 5. The van der Waals surface area contributed by atoms with Crippen molar-refractivity contribution < 1.29 is 38.2 Å². The van der Waals surface area contributed by atoms with Gasteiger partial charge in [0.1, 0.15) is 37.9 Å². The number of likely N-dealkylation sites (N-methyl/N-ethyl adjacent to an activating group) is 1. The number of benzene rings is 4. The summed E-state index contributed by atoms with van der Waals surface area (Å²) in [5.41, 5.74) is 6.48. The van der Waals surface area contributed by atoms with Crippen LogP contribution in [0.3, 0.4) is 0 Å². The van der Waals surface area contributed by atoms with Crippen molar-refractivity contribution in [3.8, 4) is 34.8 Å². The molecule has 2 fully saturated rings. The summed E-state index contributed by atoms with van der Waals surface area (Å²) in [6.45, 7) is 11.1. The van der Waals surface area contributed by atoms with Gasteiger partial charge in [0.05, 0.1) is 37.4 Å². The summed E-state index contributed by atoms with van der Waals surface area (Å²) >= 11 is 0. The topological polar surface area (TPSA) is 240 Å². The molecule has 2 saturated heterocycles. The number of ether oxygens (including phenoxy) is 3. The number of hydrogen-bond donors (Lipinski definition) is 2. The number of nitrogens with zero attached hydrogens (tertiary/aromatic N) is 13. The highest BCUT2D eigenvalue weighted by Crippen LogP contribution is 2.44. The highest BCUT2D eigenvalue weighted by atomic mass is 16.6. The average molecular weight is 1200 g/mol. The van der Waals surface area contributed by atoms with Gasteiger partial charge in [-0.25, -0.2) is 14.2 Å². The van der Waals surface area contributed by atoms with Gasteiger partial charge in [-0.2, -0.15) is 0 Å². The van der Waals surface area contributed by atoms with E-state index in [2.05, 4.69) is 77.5 Å². The summed E-state index contributed by atoms with van der Waals surface area (Å²) in [5.74, 6) is 10.3. The Hall–Kier alpha value is -9.19. The predicted octanol–water partition coefficient (Wildman–Crippen LogP) is 5.33. The summed E-state index contributed by atoms with van der Waals surface area (Å²) in [7, 11) is 5.32. The third kappa shape index (κ3) is 15.5. The Morgan fingerprint density at radius 1 is 0.591 bits per heavy atom. The Morgan fingerprint density at radius 2 is 1.02 bits per heavy atom. The molecule has 88 heavy (non-hydrogen) atoms. The van der Waals surface area contributed by atoms with Crippen LogP contribution in [-0.2, 0) is 59.6 Å². The van der Waals surface area contributed by atoms with Crippen molar-refractivity contribution in [2.75, 3.05) is 63.9 Å². The van der Waals surface area contributed by atoms with Crippen LogP contribution in [0.5, 0.6) is 0 Å². The Labute approximate surface area is 514 Å². The van der Waals surface area contributed by atoms with Gasteiger partial charge < -0.3 is 44.4 Å². The second kappa shape index (κ2) is 29.9. The molecular weight excluding hydrogens is 1120 g/mol.